The number of fused-ring (bicyclic) bond motifs is 1. The lowest BCUT2D eigenvalue weighted by molar-refractivity contribution is -0.134. The van der Waals surface area contributed by atoms with Crippen molar-refractivity contribution in [3.05, 3.63) is 59.3 Å². The first-order valence-electron chi connectivity index (χ1n) is 10.8. The molecule has 34 heavy (non-hydrogen) atoms. The fourth-order valence-electron chi connectivity index (χ4n) is 3.60. The van der Waals surface area contributed by atoms with Crippen LogP contribution in [0.2, 0.25) is 0 Å². The van der Waals surface area contributed by atoms with Gasteiger partial charge in [0.25, 0.3) is 0 Å². The number of methoxy groups -OCH3 is 1. The predicted molar refractivity (Wildman–Crippen MR) is 128 cm³/mol. The lowest BCUT2D eigenvalue weighted by atomic mass is 10.1. The van der Waals surface area contributed by atoms with Crippen LogP contribution in [0.15, 0.2) is 53.7 Å². The molecule has 0 saturated carbocycles. The normalized spacial score (nSPS) is 14.7. The molecule has 176 valence electrons. The minimum atomic E-state index is -0.517. The van der Waals surface area contributed by atoms with Crippen molar-refractivity contribution in [2.24, 2.45) is 0 Å². The number of ether oxygens (including phenoxy) is 2. The number of carbonyl (C=O) groups is 3. The molecule has 0 unspecified atom stereocenters. The van der Waals surface area contributed by atoms with Crippen LogP contribution >= 0.6 is 11.8 Å². The molecule has 0 spiro atoms. The summed E-state index contributed by atoms with van der Waals surface area (Å²) < 4.78 is 11.9. The van der Waals surface area contributed by atoms with Gasteiger partial charge >= 0.3 is 11.9 Å². The predicted octanol–water partition coefficient (Wildman–Crippen LogP) is 3.25. The van der Waals surface area contributed by atoms with Crippen LogP contribution in [0.5, 0.6) is 0 Å². The molecule has 2 aromatic heterocycles. The third kappa shape index (κ3) is 4.96. The van der Waals surface area contributed by atoms with E-state index in [1.807, 2.05) is 37.3 Å². The molecular weight excluding hydrogens is 456 g/mol. The number of amides is 1. The van der Waals surface area contributed by atoms with E-state index in [4.69, 9.17) is 9.72 Å². The summed E-state index contributed by atoms with van der Waals surface area (Å²) in [6.07, 6.45) is 3.34. The second kappa shape index (κ2) is 10.5. The summed E-state index contributed by atoms with van der Waals surface area (Å²) in [5.41, 5.74) is 2.56. The number of esters is 2. The zero-order valence-electron chi connectivity index (χ0n) is 18.9. The molecule has 0 atom stereocenters. The molecular formula is C24H24N4O5S. The highest BCUT2D eigenvalue weighted by molar-refractivity contribution is 8.04. The molecule has 1 aliphatic heterocycles. The number of carbonyl (C=O) groups excluding carboxylic acids is 3. The maximum absolute atomic E-state index is 13.0. The van der Waals surface area contributed by atoms with E-state index >= 15 is 0 Å². The second-order valence-corrected chi connectivity index (χ2v) is 8.44. The van der Waals surface area contributed by atoms with E-state index in [9.17, 15) is 14.4 Å². The van der Waals surface area contributed by atoms with E-state index in [0.717, 1.165) is 5.56 Å². The van der Waals surface area contributed by atoms with Gasteiger partial charge in [-0.05, 0) is 19.4 Å². The average Bonchev–Trinajstić information content (AvgIpc) is 3.44. The van der Waals surface area contributed by atoms with Crippen molar-refractivity contribution >= 4 is 40.6 Å². The van der Waals surface area contributed by atoms with Gasteiger partial charge in [0.15, 0.2) is 5.65 Å². The molecule has 1 aromatic carbocycles. The molecule has 3 heterocycles. The lowest BCUT2D eigenvalue weighted by Crippen LogP contribution is -2.27. The van der Waals surface area contributed by atoms with E-state index in [-0.39, 0.29) is 18.3 Å². The first-order chi connectivity index (χ1) is 16.5. The SMILES string of the molecule is CCn1ncc2c(C(=O)OCCCN3C(=O)CS/C3=C\C(=O)OC)cc(-c3ccccc3)nc21. The maximum atomic E-state index is 13.0. The highest BCUT2D eigenvalue weighted by Gasteiger charge is 2.27. The second-order valence-electron chi connectivity index (χ2n) is 7.45. The fourth-order valence-corrected chi connectivity index (χ4v) is 4.55. The topological polar surface area (TPSA) is 104 Å². The summed E-state index contributed by atoms with van der Waals surface area (Å²) in [7, 11) is 1.29. The number of thioether (sulfide) groups is 1. The van der Waals surface area contributed by atoms with Gasteiger partial charge in [0.1, 0.15) is 0 Å². The van der Waals surface area contributed by atoms with Gasteiger partial charge in [0.2, 0.25) is 5.91 Å². The highest BCUT2D eigenvalue weighted by Crippen LogP contribution is 2.29. The third-order valence-corrected chi connectivity index (χ3v) is 6.34. The van der Waals surface area contributed by atoms with Crippen molar-refractivity contribution in [3.63, 3.8) is 0 Å². The van der Waals surface area contributed by atoms with Crippen LogP contribution in [0.1, 0.15) is 23.7 Å². The van der Waals surface area contributed by atoms with E-state index < -0.39 is 11.9 Å². The summed E-state index contributed by atoms with van der Waals surface area (Å²) in [5, 5.41) is 5.51. The van der Waals surface area contributed by atoms with Gasteiger partial charge in [-0.1, -0.05) is 42.1 Å². The van der Waals surface area contributed by atoms with Crippen LogP contribution in [0.25, 0.3) is 22.3 Å². The van der Waals surface area contributed by atoms with Crippen molar-refractivity contribution in [2.45, 2.75) is 19.9 Å². The third-order valence-electron chi connectivity index (χ3n) is 5.31. The minimum Gasteiger partial charge on any atom is -0.466 e. The Kier molecular flexibility index (Phi) is 7.27. The first-order valence-corrected chi connectivity index (χ1v) is 11.8. The average molecular weight is 481 g/mol. The molecule has 4 rings (SSSR count). The van der Waals surface area contributed by atoms with Gasteiger partial charge in [-0.25, -0.2) is 19.3 Å². The van der Waals surface area contributed by atoms with Crippen molar-refractivity contribution in [3.8, 4) is 11.3 Å². The smallest absolute Gasteiger partial charge is 0.339 e. The number of hydrogen-bond acceptors (Lipinski definition) is 8. The zero-order valence-corrected chi connectivity index (χ0v) is 19.7. The van der Waals surface area contributed by atoms with Crippen molar-refractivity contribution < 1.29 is 23.9 Å². The lowest BCUT2D eigenvalue weighted by Gasteiger charge is -2.16. The first kappa shape index (κ1) is 23.5. The Hall–Kier alpha value is -3.66. The molecule has 1 aliphatic rings. The largest absolute Gasteiger partial charge is 0.466 e. The molecule has 10 heteroatoms. The van der Waals surface area contributed by atoms with Gasteiger partial charge in [-0.2, -0.15) is 5.10 Å². The Morgan fingerprint density at radius 1 is 1.24 bits per heavy atom. The summed E-state index contributed by atoms with van der Waals surface area (Å²) in [6, 6.07) is 11.3. The summed E-state index contributed by atoms with van der Waals surface area (Å²) in [5.74, 6) is -0.826. The van der Waals surface area contributed by atoms with Crippen molar-refractivity contribution in [1.29, 1.82) is 0 Å². The summed E-state index contributed by atoms with van der Waals surface area (Å²) in [6.45, 7) is 3.02. The number of benzene rings is 1. The van der Waals surface area contributed by atoms with Gasteiger partial charge in [0.05, 0.1) is 53.4 Å². The number of nitrogens with zero attached hydrogens (tertiary/aromatic N) is 4. The molecule has 0 aliphatic carbocycles. The maximum Gasteiger partial charge on any atom is 0.339 e. The molecule has 0 N–H and O–H groups in total. The van der Waals surface area contributed by atoms with Crippen LogP contribution in [0.4, 0.5) is 0 Å². The van der Waals surface area contributed by atoms with Crippen LogP contribution in [0, 0.1) is 0 Å². The Morgan fingerprint density at radius 3 is 2.76 bits per heavy atom. The standard InChI is InChI=1S/C24H24N4O5S/c1-3-28-23-18(14-25-28)17(12-19(26-23)16-8-5-4-6-9-16)24(31)33-11-7-10-27-20(29)15-34-21(27)13-22(30)32-2/h4-6,8-9,12-14H,3,7,10-11,15H2,1-2H3/b21-13-. The number of aromatic nitrogens is 3. The molecule has 1 amide bonds. The number of hydrogen-bond donors (Lipinski definition) is 0. The number of rotatable bonds is 8. The number of aryl methyl sites for hydroxylation is 1. The van der Waals surface area contributed by atoms with Crippen LogP contribution in [-0.2, 0) is 25.6 Å². The molecule has 1 fully saturated rings. The van der Waals surface area contributed by atoms with Crippen molar-refractivity contribution in [1.82, 2.24) is 19.7 Å². The zero-order chi connectivity index (χ0) is 24.1. The van der Waals surface area contributed by atoms with Gasteiger partial charge in [-0.3, -0.25) is 4.79 Å². The van der Waals surface area contributed by atoms with Crippen molar-refractivity contribution in [2.75, 3.05) is 26.0 Å². The minimum absolute atomic E-state index is 0.0956. The Bertz CT molecular complexity index is 1250. The summed E-state index contributed by atoms with van der Waals surface area (Å²) in [4.78, 5) is 42.9. The Labute approximate surface area is 200 Å². The van der Waals surface area contributed by atoms with E-state index in [1.54, 1.807) is 16.9 Å². The highest BCUT2D eigenvalue weighted by atomic mass is 32.2. The molecule has 0 bridgehead atoms. The quantitative estimate of drug-likeness (QED) is 0.275. The van der Waals surface area contributed by atoms with Crippen LogP contribution in [-0.4, -0.2) is 63.5 Å². The van der Waals surface area contributed by atoms with Gasteiger partial charge in [-0.15, -0.1) is 0 Å². The Morgan fingerprint density at radius 2 is 2.03 bits per heavy atom. The van der Waals surface area contributed by atoms with E-state index in [2.05, 4.69) is 9.84 Å². The van der Waals surface area contributed by atoms with Gasteiger partial charge < -0.3 is 14.4 Å². The fraction of sp³-hybridized carbons (Fsp3) is 0.292. The number of pyridine rings is 1. The van der Waals surface area contributed by atoms with Gasteiger partial charge in [0, 0.05) is 18.7 Å². The molecule has 9 nitrogen and oxygen atoms in total. The van der Waals surface area contributed by atoms with E-state index in [1.165, 1.54) is 29.8 Å². The van der Waals surface area contributed by atoms with Crippen LogP contribution in [0.3, 0.4) is 0 Å². The van der Waals surface area contributed by atoms with E-state index in [0.29, 0.717) is 46.8 Å². The molecule has 0 radical (unpaired) electrons. The summed E-state index contributed by atoms with van der Waals surface area (Å²) >= 11 is 1.28. The monoisotopic (exact) mass is 480 g/mol. The Balaban J connectivity index is 1.48. The molecule has 3 aromatic rings. The molecule has 1 saturated heterocycles. The van der Waals surface area contributed by atoms with Crippen LogP contribution < -0.4 is 0 Å².